The van der Waals surface area contributed by atoms with E-state index in [1.807, 2.05) is 0 Å². The van der Waals surface area contributed by atoms with Crippen molar-refractivity contribution in [3.8, 4) is 0 Å². The van der Waals surface area contributed by atoms with Crippen molar-refractivity contribution >= 4 is 29.1 Å². The van der Waals surface area contributed by atoms with Gasteiger partial charge in [0.1, 0.15) is 5.15 Å². The molecule has 0 atom stereocenters. The molecule has 0 aliphatic heterocycles. The Balaban J connectivity index is 2.24. The van der Waals surface area contributed by atoms with Crippen LogP contribution in [-0.2, 0) is 0 Å². The largest absolute Gasteiger partial charge is 0.304 e. The zero-order valence-corrected chi connectivity index (χ0v) is 11.4. The third-order valence-corrected chi connectivity index (χ3v) is 2.65. The third-order valence-electron chi connectivity index (χ3n) is 2.45. The highest BCUT2D eigenvalue weighted by Gasteiger charge is 2.17. The maximum absolute atomic E-state index is 13.5. The fourth-order valence-electron chi connectivity index (χ4n) is 1.56. The van der Waals surface area contributed by atoms with Gasteiger partial charge in [0.15, 0.2) is 0 Å². The van der Waals surface area contributed by atoms with Crippen molar-refractivity contribution in [2.75, 3.05) is 5.32 Å². The molecule has 9 heteroatoms. The van der Waals surface area contributed by atoms with E-state index in [2.05, 4.69) is 15.3 Å². The summed E-state index contributed by atoms with van der Waals surface area (Å²) < 4.78 is 13.5. The standard InChI is InChI=1S/C12H8ClFN4O3/c1-6-4-10(13)16-12(15-6)17-11(19)7-2-3-9(18(20)21)8(14)5-7/h2-5H,1H3,(H,15,16,17,19). The number of anilines is 1. The summed E-state index contributed by atoms with van der Waals surface area (Å²) in [4.78, 5) is 29.3. The second kappa shape index (κ2) is 5.80. The average molecular weight is 311 g/mol. The van der Waals surface area contributed by atoms with Crippen LogP contribution >= 0.6 is 11.6 Å². The predicted octanol–water partition coefficient (Wildman–Crippen LogP) is 2.74. The molecule has 21 heavy (non-hydrogen) atoms. The summed E-state index contributed by atoms with van der Waals surface area (Å²) in [7, 11) is 0. The highest BCUT2D eigenvalue weighted by molar-refractivity contribution is 6.29. The van der Waals surface area contributed by atoms with Gasteiger partial charge in [-0.3, -0.25) is 20.2 Å². The molecule has 0 spiro atoms. The highest BCUT2D eigenvalue weighted by Crippen LogP contribution is 2.18. The average Bonchev–Trinajstić information content (AvgIpc) is 2.36. The second-order valence-electron chi connectivity index (χ2n) is 4.03. The lowest BCUT2D eigenvalue weighted by molar-refractivity contribution is -0.387. The molecule has 0 bridgehead atoms. The van der Waals surface area contributed by atoms with Crippen LogP contribution in [0, 0.1) is 22.9 Å². The van der Waals surface area contributed by atoms with E-state index < -0.39 is 22.3 Å². The predicted molar refractivity (Wildman–Crippen MR) is 72.8 cm³/mol. The highest BCUT2D eigenvalue weighted by atomic mass is 35.5. The topological polar surface area (TPSA) is 98.0 Å². The number of rotatable bonds is 3. The minimum absolute atomic E-state index is 0.0382. The Morgan fingerprint density at radius 1 is 1.38 bits per heavy atom. The van der Waals surface area contributed by atoms with Crippen molar-refractivity contribution in [3.63, 3.8) is 0 Å². The smallest absolute Gasteiger partial charge is 0.290 e. The van der Waals surface area contributed by atoms with Crippen LogP contribution < -0.4 is 5.32 Å². The summed E-state index contributed by atoms with van der Waals surface area (Å²) in [5.41, 5.74) is -0.263. The second-order valence-corrected chi connectivity index (χ2v) is 4.42. The van der Waals surface area contributed by atoms with Crippen LogP contribution in [0.25, 0.3) is 0 Å². The van der Waals surface area contributed by atoms with Gasteiger partial charge in [-0.05, 0) is 25.1 Å². The molecule has 108 valence electrons. The number of aromatic nitrogens is 2. The molecule has 1 N–H and O–H groups in total. The normalized spacial score (nSPS) is 10.2. The lowest BCUT2D eigenvalue weighted by atomic mass is 10.2. The summed E-state index contributed by atoms with van der Waals surface area (Å²) in [6.07, 6.45) is 0. The minimum Gasteiger partial charge on any atom is -0.290 e. The zero-order valence-electron chi connectivity index (χ0n) is 10.6. The van der Waals surface area contributed by atoms with Crippen molar-refractivity contribution in [3.05, 3.63) is 56.6 Å². The van der Waals surface area contributed by atoms with Crippen LogP contribution in [0.15, 0.2) is 24.3 Å². The van der Waals surface area contributed by atoms with Gasteiger partial charge in [0.25, 0.3) is 5.91 Å². The van der Waals surface area contributed by atoms with E-state index in [4.69, 9.17) is 11.6 Å². The quantitative estimate of drug-likeness (QED) is 0.534. The van der Waals surface area contributed by atoms with Gasteiger partial charge in [0.2, 0.25) is 11.8 Å². The number of amides is 1. The first-order valence-electron chi connectivity index (χ1n) is 5.63. The lowest BCUT2D eigenvalue weighted by Crippen LogP contribution is -2.15. The SMILES string of the molecule is Cc1cc(Cl)nc(NC(=O)c2ccc([N+](=O)[O-])c(F)c2)n1. The molecule has 1 amide bonds. The summed E-state index contributed by atoms with van der Waals surface area (Å²) in [5.74, 6) is -1.84. The third kappa shape index (κ3) is 3.48. The number of hydrogen-bond donors (Lipinski definition) is 1. The van der Waals surface area contributed by atoms with Gasteiger partial charge in [-0.15, -0.1) is 0 Å². The Kier molecular flexibility index (Phi) is 4.08. The summed E-state index contributed by atoms with van der Waals surface area (Å²) >= 11 is 5.72. The molecule has 1 aromatic heterocycles. The first kappa shape index (κ1) is 14.8. The number of carbonyl (C=O) groups is 1. The monoisotopic (exact) mass is 310 g/mol. The molecule has 2 rings (SSSR count). The van der Waals surface area contributed by atoms with Crippen molar-refractivity contribution < 1.29 is 14.1 Å². The summed E-state index contributed by atoms with van der Waals surface area (Å²) in [6.45, 7) is 1.66. The molecule has 0 aliphatic carbocycles. The van der Waals surface area contributed by atoms with Gasteiger partial charge in [0, 0.05) is 17.3 Å². The van der Waals surface area contributed by atoms with Crippen LogP contribution in [0.4, 0.5) is 16.0 Å². The molecular weight excluding hydrogens is 303 g/mol. The Morgan fingerprint density at radius 3 is 2.67 bits per heavy atom. The Morgan fingerprint density at radius 2 is 2.10 bits per heavy atom. The van der Waals surface area contributed by atoms with Gasteiger partial charge < -0.3 is 0 Å². The molecule has 2 aromatic rings. The van der Waals surface area contributed by atoms with E-state index >= 15 is 0 Å². The number of aryl methyl sites for hydroxylation is 1. The minimum atomic E-state index is -1.10. The van der Waals surface area contributed by atoms with Gasteiger partial charge in [-0.2, -0.15) is 4.39 Å². The number of carbonyl (C=O) groups excluding carboxylic acids is 1. The van der Waals surface area contributed by atoms with E-state index in [0.717, 1.165) is 18.2 Å². The molecule has 0 unspecified atom stereocenters. The van der Waals surface area contributed by atoms with Crippen molar-refractivity contribution in [2.24, 2.45) is 0 Å². The summed E-state index contributed by atoms with van der Waals surface area (Å²) in [6, 6.07) is 4.32. The number of halogens is 2. The fourth-order valence-corrected chi connectivity index (χ4v) is 1.79. The Bertz CT molecular complexity index is 718. The molecule has 1 heterocycles. The maximum Gasteiger partial charge on any atom is 0.304 e. The first-order valence-corrected chi connectivity index (χ1v) is 6.01. The number of nitrogens with zero attached hydrogens (tertiary/aromatic N) is 3. The van der Waals surface area contributed by atoms with Crippen LogP contribution in [-0.4, -0.2) is 20.8 Å². The molecule has 0 saturated carbocycles. The molecule has 0 radical (unpaired) electrons. The molecule has 1 aromatic carbocycles. The van der Waals surface area contributed by atoms with E-state index in [-0.39, 0.29) is 16.7 Å². The number of benzene rings is 1. The van der Waals surface area contributed by atoms with Gasteiger partial charge >= 0.3 is 5.69 Å². The van der Waals surface area contributed by atoms with Gasteiger partial charge in [0.05, 0.1) is 4.92 Å². The van der Waals surface area contributed by atoms with E-state index in [9.17, 15) is 19.3 Å². The Labute approximate surface area is 122 Å². The van der Waals surface area contributed by atoms with Crippen LogP contribution in [0.3, 0.4) is 0 Å². The number of nitro benzene ring substituents is 1. The van der Waals surface area contributed by atoms with Gasteiger partial charge in [-0.1, -0.05) is 11.6 Å². The molecule has 0 saturated heterocycles. The van der Waals surface area contributed by atoms with Crippen LogP contribution in [0.1, 0.15) is 16.1 Å². The number of nitro groups is 1. The molecule has 0 aliphatic rings. The van der Waals surface area contributed by atoms with Crippen LogP contribution in [0.2, 0.25) is 5.15 Å². The van der Waals surface area contributed by atoms with E-state index in [0.29, 0.717) is 5.69 Å². The fraction of sp³-hybridized carbons (Fsp3) is 0.0833. The van der Waals surface area contributed by atoms with Crippen LogP contribution in [0.5, 0.6) is 0 Å². The number of nitrogens with one attached hydrogen (secondary N) is 1. The lowest BCUT2D eigenvalue weighted by Gasteiger charge is -2.05. The van der Waals surface area contributed by atoms with Gasteiger partial charge in [-0.25, -0.2) is 9.97 Å². The zero-order chi connectivity index (χ0) is 15.6. The molecule has 0 fully saturated rings. The van der Waals surface area contributed by atoms with Crippen molar-refractivity contribution in [2.45, 2.75) is 6.92 Å². The van der Waals surface area contributed by atoms with E-state index in [1.54, 1.807) is 6.92 Å². The van der Waals surface area contributed by atoms with E-state index in [1.165, 1.54) is 6.07 Å². The Hall–Kier alpha value is -2.61. The van der Waals surface area contributed by atoms with Crippen molar-refractivity contribution in [1.29, 1.82) is 0 Å². The summed E-state index contributed by atoms with van der Waals surface area (Å²) in [5, 5.41) is 13.0. The van der Waals surface area contributed by atoms with Crippen molar-refractivity contribution in [1.82, 2.24) is 9.97 Å². The molecule has 7 nitrogen and oxygen atoms in total. The maximum atomic E-state index is 13.5. The first-order chi connectivity index (χ1) is 9.86. The number of hydrogen-bond acceptors (Lipinski definition) is 5. The molecular formula is C12H8ClFN4O3.